The SMILES string of the molecule is CC(=O)c1cc(Br)cc(N)c1C(F)F. The van der Waals surface area contributed by atoms with Gasteiger partial charge in [-0.25, -0.2) is 8.78 Å². The van der Waals surface area contributed by atoms with Crippen LogP contribution in [-0.2, 0) is 0 Å². The number of alkyl halides is 2. The second-order valence-electron chi connectivity index (χ2n) is 2.81. The average Bonchev–Trinajstić information content (AvgIpc) is 2.01. The molecule has 0 aliphatic heterocycles. The van der Waals surface area contributed by atoms with Crippen molar-refractivity contribution >= 4 is 27.4 Å². The van der Waals surface area contributed by atoms with E-state index in [1.165, 1.54) is 19.1 Å². The van der Waals surface area contributed by atoms with E-state index in [4.69, 9.17) is 5.73 Å². The van der Waals surface area contributed by atoms with E-state index < -0.39 is 12.2 Å². The summed E-state index contributed by atoms with van der Waals surface area (Å²) in [4.78, 5) is 11.1. The van der Waals surface area contributed by atoms with Crippen LogP contribution in [-0.4, -0.2) is 5.78 Å². The molecule has 5 heteroatoms. The number of rotatable bonds is 2. The Balaban J connectivity index is 3.44. The topological polar surface area (TPSA) is 43.1 Å². The molecule has 2 N–H and O–H groups in total. The third-order valence-electron chi connectivity index (χ3n) is 1.77. The van der Waals surface area contributed by atoms with Crippen LogP contribution in [0.2, 0.25) is 0 Å². The van der Waals surface area contributed by atoms with Gasteiger partial charge in [-0.1, -0.05) is 15.9 Å². The van der Waals surface area contributed by atoms with Crippen molar-refractivity contribution in [3.05, 3.63) is 27.7 Å². The summed E-state index contributed by atoms with van der Waals surface area (Å²) in [5, 5.41) is 0. The summed E-state index contributed by atoms with van der Waals surface area (Å²) in [6.45, 7) is 1.23. The highest BCUT2D eigenvalue weighted by Crippen LogP contribution is 2.31. The summed E-state index contributed by atoms with van der Waals surface area (Å²) in [7, 11) is 0. The van der Waals surface area contributed by atoms with Crippen LogP contribution in [0.25, 0.3) is 0 Å². The van der Waals surface area contributed by atoms with Gasteiger partial charge in [-0.2, -0.15) is 0 Å². The van der Waals surface area contributed by atoms with Crippen LogP contribution < -0.4 is 5.73 Å². The van der Waals surface area contributed by atoms with E-state index in [0.29, 0.717) is 4.47 Å². The molecular formula is C9H8BrF2NO. The van der Waals surface area contributed by atoms with Gasteiger partial charge in [0.2, 0.25) is 0 Å². The lowest BCUT2D eigenvalue weighted by Gasteiger charge is -2.09. The highest BCUT2D eigenvalue weighted by molar-refractivity contribution is 9.10. The van der Waals surface area contributed by atoms with E-state index >= 15 is 0 Å². The van der Waals surface area contributed by atoms with Gasteiger partial charge in [0, 0.05) is 15.7 Å². The van der Waals surface area contributed by atoms with Gasteiger partial charge in [-0.05, 0) is 19.1 Å². The number of Topliss-reactive ketones (excluding diaryl/α,β-unsaturated/α-hetero) is 1. The zero-order chi connectivity index (χ0) is 10.9. The number of ketones is 1. The first kappa shape index (κ1) is 11.1. The minimum atomic E-state index is -2.73. The molecular weight excluding hydrogens is 256 g/mol. The predicted molar refractivity (Wildman–Crippen MR) is 53.5 cm³/mol. The molecule has 0 aliphatic carbocycles. The van der Waals surface area contributed by atoms with Crippen molar-refractivity contribution < 1.29 is 13.6 Å². The monoisotopic (exact) mass is 263 g/mol. The van der Waals surface area contributed by atoms with E-state index in [1.807, 2.05) is 0 Å². The maximum absolute atomic E-state index is 12.5. The number of halogens is 3. The molecule has 0 saturated carbocycles. The molecule has 1 aromatic carbocycles. The zero-order valence-corrected chi connectivity index (χ0v) is 8.94. The summed E-state index contributed by atoms with van der Waals surface area (Å²) < 4.78 is 25.6. The highest BCUT2D eigenvalue weighted by atomic mass is 79.9. The van der Waals surface area contributed by atoms with Gasteiger partial charge in [0.05, 0.1) is 5.56 Å². The van der Waals surface area contributed by atoms with Gasteiger partial charge < -0.3 is 5.73 Å². The van der Waals surface area contributed by atoms with Crippen molar-refractivity contribution in [1.82, 2.24) is 0 Å². The molecule has 0 radical (unpaired) electrons. The summed E-state index contributed by atoms with van der Waals surface area (Å²) in [6.07, 6.45) is -2.73. The van der Waals surface area contributed by atoms with Crippen LogP contribution in [0.5, 0.6) is 0 Å². The summed E-state index contributed by atoms with van der Waals surface area (Å²) in [6, 6.07) is 2.70. The number of hydrogen-bond acceptors (Lipinski definition) is 2. The minimum absolute atomic E-state index is 0.0353. The molecule has 0 aliphatic rings. The first-order valence-electron chi connectivity index (χ1n) is 3.81. The predicted octanol–water partition coefficient (Wildman–Crippen LogP) is 3.17. The zero-order valence-electron chi connectivity index (χ0n) is 7.35. The van der Waals surface area contributed by atoms with Crippen LogP contribution in [0.1, 0.15) is 29.3 Å². The fraction of sp³-hybridized carbons (Fsp3) is 0.222. The second-order valence-corrected chi connectivity index (χ2v) is 3.73. The summed E-state index contributed by atoms with van der Waals surface area (Å²) >= 11 is 3.09. The maximum atomic E-state index is 12.5. The normalized spacial score (nSPS) is 10.6. The van der Waals surface area contributed by atoms with Crippen LogP contribution in [0.15, 0.2) is 16.6 Å². The number of benzene rings is 1. The average molecular weight is 264 g/mol. The maximum Gasteiger partial charge on any atom is 0.266 e. The van der Waals surface area contributed by atoms with Crippen molar-refractivity contribution in [3.63, 3.8) is 0 Å². The third-order valence-corrected chi connectivity index (χ3v) is 2.23. The van der Waals surface area contributed by atoms with Crippen LogP contribution in [0.3, 0.4) is 0 Å². The number of anilines is 1. The number of nitrogens with two attached hydrogens (primary N) is 1. The molecule has 0 fully saturated rings. The lowest BCUT2D eigenvalue weighted by Crippen LogP contribution is -2.04. The molecule has 1 aromatic rings. The standard InChI is InChI=1S/C9H8BrF2NO/c1-4(14)6-2-5(10)3-7(13)8(6)9(11)12/h2-3,9H,13H2,1H3. The molecule has 0 bridgehead atoms. The Labute approximate surface area is 88.2 Å². The molecule has 0 unspecified atom stereocenters. The lowest BCUT2D eigenvalue weighted by molar-refractivity contribution is 0.0999. The molecule has 0 amide bonds. The van der Waals surface area contributed by atoms with E-state index in [2.05, 4.69) is 15.9 Å². The van der Waals surface area contributed by atoms with Gasteiger partial charge in [-0.15, -0.1) is 0 Å². The molecule has 0 aromatic heterocycles. The highest BCUT2D eigenvalue weighted by Gasteiger charge is 2.19. The molecule has 0 saturated heterocycles. The largest absolute Gasteiger partial charge is 0.398 e. The Hall–Kier alpha value is -0.970. The smallest absolute Gasteiger partial charge is 0.266 e. The van der Waals surface area contributed by atoms with Crippen LogP contribution in [0, 0.1) is 0 Å². The van der Waals surface area contributed by atoms with Gasteiger partial charge in [0.25, 0.3) is 6.43 Å². The Morgan fingerprint density at radius 3 is 2.50 bits per heavy atom. The van der Waals surface area contributed by atoms with Crippen LogP contribution >= 0.6 is 15.9 Å². The van der Waals surface area contributed by atoms with Gasteiger partial charge in [-0.3, -0.25) is 4.79 Å². The van der Waals surface area contributed by atoms with E-state index in [-0.39, 0.29) is 16.8 Å². The first-order valence-corrected chi connectivity index (χ1v) is 4.60. The van der Waals surface area contributed by atoms with Crippen LogP contribution in [0.4, 0.5) is 14.5 Å². The van der Waals surface area contributed by atoms with Crippen molar-refractivity contribution in [1.29, 1.82) is 0 Å². The van der Waals surface area contributed by atoms with Gasteiger partial charge >= 0.3 is 0 Å². The molecule has 2 nitrogen and oxygen atoms in total. The van der Waals surface area contributed by atoms with E-state index in [0.717, 1.165) is 0 Å². The molecule has 1 rings (SSSR count). The molecule has 0 heterocycles. The first-order chi connectivity index (χ1) is 6.43. The number of carbonyl (C=O) groups is 1. The molecule has 76 valence electrons. The quantitative estimate of drug-likeness (QED) is 0.658. The summed E-state index contributed by atoms with van der Waals surface area (Å²) in [5.74, 6) is -0.423. The second kappa shape index (κ2) is 4.04. The van der Waals surface area contributed by atoms with E-state index in [1.54, 1.807) is 0 Å². The fourth-order valence-corrected chi connectivity index (χ4v) is 1.65. The molecule has 0 atom stereocenters. The van der Waals surface area contributed by atoms with Gasteiger partial charge in [0.1, 0.15) is 0 Å². The van der Waals surface area contributed by atoms with Crippen molar-refractivity contribution in [2.45, 2.75) is 13.3 Å². The number of hydrogen-bond donors (Lipinski definition) is 1. The van der Waals surface area contributed by atoms with Crippen molar-refractivity contribution in [2.24, 2.45) is 0 Å². The number of nitrogen functional groups attached to an aromatic ring is 1. The Kier molecular flexibility index (Phi) is 3.21. The molecule has 14 heavy (non-hydrogen) atoms. The fourth-order valence-electron chi connectivity index (χ4n) is 1.17. The Bertz CT molecular complexity index is 379. The third kappa shape index (κ3) is 2.09. The summed E-state index contributed by atoms with van der Waals surface area (Å²) in [5.41, 5.74) is 4.91. The van der Waals surface area contributed by atoms with Crippen molar-refractivity contribution in [2.75, 3.05) is 5.73 Å². The van der Waals surface area contributed by atoms with Crippen molar-refractivity contribution in [3.8, 4) is 0 Å². The van der Waals surface area contributed by atoms with Gasteiger partial charge in [0.15, 0.2) is 5.78 Å². The lowest BCUT2D eigenvalue weighted by atomic mass is 10.0. The van der Waals surface area contributed by atoms with E-state index in [9.17, 15) is 13.6 Å². The molecule has 0 spiro atoms. The Morgan fingerprint density at radius 1 is 1.50 bits per heavy atom. The minimum Gasteiger partial charge on any atom is -0.398 e. The number of carbonyl (C=O) groups excluding carboxylic acids is 1. The Morgan fingerprint density at radius 2 is 2.07 bits per heavy atom.